The summed E-state index contributed by atoms with van der Waals surface area (Å²) < 4.78 is 10.8. The third-order valence-electron chi connectivity index (χ3n) is 5.08. The lowest BCUT2D eigenvalue weighted by Crippen LogP contribution is -2.42. The van der Waals surface area contributed by atoms with Crippen molar-refractivity contribution in [3.8, 4) is 17.6 Å². The van der Waals surface area contributed by atoms with Crippen molar-refractivity contribution in [1.82, 2.24) is 0 Å². The topological polar surface area (TPSA) is 79.5 Å². The molecule has 3 unspecified atom stereocenters. The Hall–Kier alpha value is -2.48. The molecule has 0 aliphatic heterocycles. The Morgan fingerprint density at radius 2 is 2.32 bits per heavy atom. The van der Waals surface area contributed by atoms with E-state index in [2.05, 4.69) is 12.6 Å². The number of carbonyl (C=O) groups excluding carboxylic acids is 1. The van der Waals surface area contributed by atoms with Crippen LogP contribution in [0.5, 0.6) is 11.5 Å². The van der Waals surface area contributed by atoms with Crippen molar-refractivity contribution in [2.75, 3.05) is 7.11 Å². The number of nitrogens with zero attached hydrogens (tertiary/aromatic N) is 1. The zero-order valence-corrected chi connectivity index (χ0v) is 14.8. The molecule has 0 spiro atoms. The summed E-state index contributed by atoms with van der Waals surface area (Å²) in [5.74, 6) is 0.0707. The molecule has 25 heavy (non-hydrogen) atoms. The number of benzene rings is 1. The first kappa shape index (κ1) is 18.9. The molecule has 134 valence electrons. The maximum Gasteiger partial charge on any atom is 0.302 e. The number of nitriles is 1. The van der Waals surface area contributed by atoms with Gasteiger partial charge in [-0.3, -0.25) is 4.79 Å². The van der Waals surface area contributed by atoms with Gasteiger partial charge in [0.15, 0.2) is 11.5 Å². The van der Waals surface area contributed by atoms with Gasteiger partial charge in [-0.25, -0.2) is 0 Å². The largest absolute Gasteiger partial charge is 0.504 e. The number of phenols is 1. The number of hydrogen-bond donors (Lipinski definition) is 1. The number of rotatable bonds is 6. The number of allylic oxidation sites excluding steroid dienone is 1. The van der Waals surface area contributed by atoms with Crippen LogP contribution in [0.4, 0.5) is 0 Å². The number of ether oxygens (including phenoxy) is 2. The summed E-state index contributed by atoms with van der Waals surface area (Å²) in [6.45, 7) is 5.26. The quantitative estimate of drug-likeness (QED) is 0.628. The van der Waals surface area contributed by atoms with Crippen LogP contribution in [0.25, 0.3) is 0 Å². The van der Waals surface area contributed by atoms with Gasteiger partial charge in [0.25, 0.3) is 0 Å². The van der Waals surface area contributed by atoms with Gasteiger partial charge in [0.05, 0.1) is 18.6 Å². The van der Waals surface area contributed by atoms with Crippen molar-refractivity contribution in [2.45, 2.75) is 45.1 Å². The van der Waals surface area contributed by atoms with Gasteiger partial charge in [-0.1, -0.05) is 18.2 Å². The molecule has 1 saturated carbocycles. The van der Waals surface area contributed by atoms with Crippen LogP contribution in [0.2, 0.25) is 0 Å². The Morgan fingerprint density at radius 3 is 2.92 bits per heavy atom. The minimum atomic E-state index is -0.706. The summed E-state index contributed by atoms with van der Waals surface area (Å²) in [7, 11) is 1.52. The van der Waals surface area contributed by atoms with Crippen LogP contribution < -0.4 is 4.74 Å². The molecule has 5 heteroatoms. The number of methoxy groups -OCH3 is 1. The van der Waals surface area contributed by atoms with Gasteiger partial charge < -0.3 is 14.6 Å². The van der Waals surface area contributed by atoms with E-state index in [1.807, 2.05) is 6.07 Å². The summed E-state index contributed by atoms with van der Waals surface area (Å²) in [5, 5.41) is 19.7. The van der Waals surface area contributed by atoms with Crippen molar-refractivity contribution < 1.29 is 19.4 Å². The molecule has 5 nitrogen and oxygen atoms in total. The second kappa shape index (κ2) is 8.06. The number of esters is 1. The lowest BCUT2D eigenvalue weighted by molar-refractivity contribution is -0.153. The van der Waals surface area contributed by atoms with Gasteiger partial charge in [0.1, 0.15) is 6.10 Å². The average Bonchev–Trinajstić information content (AvgIpc) is 2.60. The molecular formula is C20H25NO4. The Balaban J connectivity index is 2.27. The number of carbonyl (C=O) groups is 1. The van der Waals surface area contributed by atoms with Crippen LogP contribution >= 0.6 is 0 Å². The average molecular weight is 343 g/mol. The van der Waals surface area contributed by atoms with Gasteiger partial charge in [0, 0.05) is 12.8 Å². The first-order chi connectivity index (χ1) is 12.0. The number of para-hydroxylation sites is 1. The molecule has 0 saturated heterocycles. The third-order valence-corrected chi connectivity index (χ3v) is 5.08. The molecule has 0 radical (unpaired) electrons. The summed E-state index contributed by atoms with van der Waals surface area (Å²) >= 11 is 0. The van der Waals surface area contributed by atoms with Crippen molar-refractivity contribution in [1.29, 1.82) is 5.26 Å². The van der Waals surface area contributed by atoms with E-state index in [4.69, 9.17) is 9.47 Å². The van der Waals surface area contributed by atoms with Crippen molar-refractivity contribution in [3.63, 3.8) is 0 Å². The van der Waals surface area contributed by atoms with Crippen molar-refractivity contribution in [2.24, 2.45) is 11.3 Å². The Morgan fingerprint density at radius 1 is 1.56 bits per heavy atom. The minimum Gasteiger partial charge on any atom is -0.504 e. The highest BCUT2D eigenvalue weighted by molar-refractivity contribution is 5.66. The van der Waals surface area contributed by atoms with Gasteiger partial charge in [-0.15, -0.1) is 6.58 Å². The fraction of sp³-hybridized carbons (Fsp3) is 0.500. The van der Waals surface area contributed by atoms with Crippen LogP contribution in [-0.4, -0.2) is 24.3 Å². The summed E-state index contributed by atoms with van der Waals surface area (Å²) in [6, 6.07) is 7.64. The van der Waals surface area contributed by atoms with Gasteiger partial charge in [0.2, 0.25) is 0 Å². The molecule has 1 aromatic carbocycles. The molecule has 0 heterocycles. The fourth-order valence-electron chi connectivity index (χ4n) is 3.86. The molecule has 1 N–H and O–H groups in total. The lowest BCUT2D eigenvalue weighted by Gasteiger charge is -2.41. The highest BCUT2D eigenvalue weighted by Crippen LogP contribution is 2.46. The van der Waals surface area contributed by atoms with E-state index in [0.717, 1.165) is 18.4 Å². The molecule has 1 aliphatic rings. The normalized spacial score (nSPS) is 25.6. The maximum atomic E-state index is 11.5. The zero-order valence-electron chi connectivity index (χ0n) is 14.8. The first-order valence-corrected chi connectivity index (χ1v) is 8.54. The number of hydrogen-bond acceptors (Lipinski definition) is 5. The van der Waals surface area contributed by atoms with Crippen LogP contribution in [0.15, 0.2) is 30.9 Å². The smallest absolute Gasteiger partial charge is 0.302 e. The third kappa shape index (κ3) is 3.96. The predicted octanol–water partition coefficient (Wildman–Crippen LogP) is 3.76. The summed E-state index contributed by atoms with van der Waals surface area (Å²) in [5.41, 5.74) is 0.160. The van der Waals surface area contributed by atoms with Crippen LogP contribution in [-0.2, 0) is 16.0 Å². The van der Waals surface area contributed by atoms with Gasteiger partial charge in [-0.05, 0) is 43.7 Å². The number of aromatic hydroxyl groups is 1. The molecule has 0 bridgehead atoms. The SMILES string of the molecule is C=CC1(C#N)CCCC(OC(C)=O)C1CCc1cccc(O)c1OC. The van der Waals surface area contributed by atoms with Gasteiger partial charge >= 0.3 is 5.97 Å². The zero-order chi connectivity index (χ0) is 18.4. The van der Waals surface area contributed by atoms with Crippen LogP contribution in [0.3, 0.4) is 0 Å². The molecule has 1 aromatic rings. The molecule has 1 fully saturated rings. The highest BCUT2D eigenvalue weighted by Gasteiger charge is 2.45. The van der Waals surface area contributed by atoms with E-state index in [0.29, 0.717) is 25.0 Å². The molecule has 0 amide bonds. The number of aryl methyl sites for hydroxylation is 1. The van der Waals surface area contributed by atoms with Crippen LogP contribution in [0.1, 0.15) is 38.2 Å². The first-order valence-electron chi connectivity index (χ1n) is 8.54. The second-order valence-electron chi connectivity index (χ2n) is 6.51. The maximum absolute atomic E-state index is 11.5. The van der Waals surface area contributed by atoms with Crippen molar-refractivity contribution >= 4 is 5.97 Å². The monoisotopic (exact) mass is 343 g/mol. The van der Waals surface area contributed by atoms with Gasteiger partial charge in [-0.2, -0.15) is 5.26 Å². The second-order valence-corrected chi connectivity index (χ2v) is 6.51. The van der Waals surface area contributed by atoms with E-state index in [9.17, 15) is 15.2 Å². The van der Waals surface area contributed by atoms with E-state index in [1.54, 1.807) is 18.2 Å². The molecular weight excluding hydrogens is 318 g/mol. The Kier molecular flexibility index (Phi) is 6.08. The van der Waals surface area contributed by atoms with E-state index in [-0.39, 0.29) is 23.7 Å². The summed E-state index contributed by atoms with van der Waals surface area (Å²) in [4.78, 5) is 11.5. The fourth-order valence-corrected chi connectivity index (χ4v) is 3.86. The Labute approximate surface area is 148 Å². The Bertz CT molecular complexity index is 679. The molecule has 0 aromatic heterocycles. The minimum absolute atomic E-state index is 0.0930. The van der Waals surface area contributed by atoms with Crippen LogP contribution in [0, 0.1) is 22.7 Å². The highest BCUT2D eigenvalue weighted by atomic mass is 16.5. The molecule has 1 aliphatic carbocycles. The lowest BCUT2D eigenvalue weighted by atomic mass is 9.64. The van der Waals surface area contributed by atoms with Crippen molar-refractivity contribution in [3.05, 3.63) is 36.4 Å². The molecule has 2 rings (SSSR count). The summed E-state index contributed by atoms with van der Waals surface area (Å²) in [6.07, 6.45) is 4.93. The predicted molar refractivity (Wildman–Crippen MR) is 94.1 cm³/mol. The van der Waals surface area contributed by atoms with E-state index < -0.39 is 5.41 Å². The number of phenolic OH excluding ortho intramolecular Hbond substituents is 1. The standard InChI is InChI=1S/C20H25NO4/c1-4-20(13-21)12-6-9-18(25-14(2)22)16(20)11-10-15-7-5-8-17(23)19(15)24-3/h4-5,7-8,16,18,23H,1,6,9-12H2,2-3H3. The van der Waals surface area contributed by atoms with E-state index >= 15 is 0 Å². The van der Waals surface area contributed by atoms with E-state index in [1.165, 1.54) is 14.0 Å². The molecule has 3 atom stereocenters.